The van der Waals surface area contributed by atoms with Crippen molar-refractivity contribution in [3.8, 4) is 0 Å². The summed E-state index contributed by atoms with van der Waals surface area (Å²) in [5, 5.41) is 13.9. The number of aromatic nitrogens is 2. The lowest BCUT2D eigenvalue weighted by Crippen LogP contribution is -2.16. The molecule has 7 nitrogen and oxygen atoms in total. The van der Waals surface area contributed by atoms with Crippen molar-refractivity contribution >= 4 is 29.2 Å². The predicted molar refractivity (Wildman–Crippen MR) is 84.3 cm³/mol. The molecule has 2 aromatic rings. The van der Waals surface area contributed by atoms with E-state index in [4.69, 9.17) is 5.73 Å². The van der Waals surface area contributed by atoms with Crippen LogP contribution in [0.3, 0.4) is 0 Å². The molecule has 0 saturated carbocycles. The Bertz CT molecular complexity index is 623. The number of nitrogen functional groups attached to an aromatic ring is 1. The molecule has 0 radical (unpaired) electrons. The highest BCUT2D eigenvalue weighted by Crippen LogP contribution is 2.23. The molecule has 0 aliphatic carbocycles. The summed E-state index contributed by atoms with van der Waals surface area (Å²) < 4.78 is 0. The van der Waals surface area contributed by atoms with Gasteiger partial charge in [0.15, 0.2) is 0 Å². The third-order valence-electron chi connectivity index (χ3n) is 2.83. The van der Waals surface area contributed by atoms with Gasteiger partial charge < -0.3 is 11.1 Å². The number of rotatable bonds is 6. The first-order chi connectivity index (χ1) is 10.1. The Morgan fingerprint density at radius 2 is 2.14 bits per heavy atom. The fourth-order valence-corrected chi connectivity index (χ4v) is 2.44. The lowest BCUT2D eigenvalue weighted by Gasteiger charge is -2.18. The van der Waals surface area contributed by atoms with Crippen LogP contribution in [0.4, 0.5) is 17.5 Å². The first-order valence-corrected chi connectivity index (χ1v) is 7.58. The summed E-state index contributed by atoms with van der Waals surface area (Å²) in [4.78, 5) is 18.0. The van der Waals surface area contributed by atoms with Gasteiger partial charge in [-0.15, -0.1) is 0 Å². The lowest BCUT2D eigenvalue weighted by atomic mass is 10.1. The minimum absolute atomic E-state index is 0.00190. The van der Waals surface area contributed by atoms with Gasteiger partial charge in [0.05, 0.1) is 11.0 Å². The number of nitrogens with zero attached hydrogens (tertiary/aromatic N) is 3. The Morgan fingerprint density at radius 3 is 2.71 bits per heavy atom. The van der Waals surface area contributed by atoms with Crippen LogP contribution in [0.25, 0.3) is 0 Å². The van der Waals surface area contributed by atoms with E-state index in [1.54, 1.807) is 11.8 Å². The van der Waals surface area contributed by atoms with Crippen molar-refractivity contribution < 1.29 is 4.92 Å². The summed E-state index contributed by atoms with van der Waals surface area (Å²) in [6, 6.07) is 9.86. The highest BCUT2D eigenvalue weighted by Gasteiger charge is 2.17. The number of hydrogen-bond donors (Lipinski definition) is 2. The Balaban J connectivity index is 2.21. The van der Waals surface area contributed by atoms with Crippen LogP contribution in [0, 0.1) is 10.1 Å². The van der Waals surface area contributed by atoms with Crippen LogP contribution in [-0.2, 0) is 0 Å². The Kier molecular flexibility index (Phi) is 4.94. The third kappa shape index (κ3) is 3.82. The molecule has 2 rings (SSSR count). The molecule has 0 spiro atoms. The van der Waals surface area contributed by atoms with Gasteiger partial charge in [0.2, 0.25) is 11.8 Å². The van der Waals surface area contributed by atoms with E-state index in [0.717, 1.165) is 17.5 Å². The zero-order valence-corrected chi connectivity index (χ0v) is 12.2. The molecule has 110 valence electrons. The predicted octanol–water partition coefficient (Wildman–Crippen LogP) is 2.48. The Labute approximate surface area is 126 Å². The smallest absolute Gasteiger partial charge is 0.329 e. The molecule has 1 aromatic carbocycles. The van der Waals surface area contributed by atoms with E-state index >= 15 is 0 Å². The first kappa shape index (κ1) is 15.0. The van der Waals surface area contributed by atoms with Gasteiger partial charge >= 0.3 is 5.69 Å². The molecule has 3 N–H and O–H groups in total. The summed E-state index contributed by atoms with van der Waals surface area (Å²) >= 11 is 1.68. The lowest BCUT2D eigenvalue weighted by molar-refractivity contribution is -0.384. The second kappa shape index (κ2) is 6.89. The number of thioether (sulfide) groups is 1. The summed E-state index contributed by atoms with van der Waals surface area (Å²) in [5.74, 6) is 0.944. The van der Waals surface area contributed by atoms with Gasteiger partial charge in [0.1, 0.15) is 6.20 Å². The van der Waals surface area contributed by atoms with E-state index < -0.39 is 4.92 Å². The van der Waals surface area contributed by atoms with Crippen molar-refractivity contribution in [2.45, 2.75) is 6.04 Å². The van der Waals surface area contributed by atoms with Gasteiger partial charge in [0.25, 0.3) is 0 Å². The van der Waals surface area contributed by atoms with E-state index in [1.165, 1.54) is 0 Å². The average Bonchev–Trinajstić information content (AvgIpc) is 2.47. The monoisotopic (exact) mass is 305 g/mol. The number of anilines is 2. The molecule has 0 bridgehead atoms. The maximum atomic E-state index is 10.7. The number of nitrogens with one attached hydrogen (secondary N) is 1. The van der Waals surface area contributed by atoms with Crippen molar-refractivity contribution in [2.75, 3.05) is 23.1 Å². The maximum absolute atomic E-state index is 10.7. The first-order valence-electron chi connectivity index (χ1n) is 6.19. The van der Waals surface area contributed by atoms with Gasteiger partial charge in [-0.25, -0.2) is 4.98 Å². The highest BCUT2D eigenvalue weighted by molar-refractivity contribution is 7.98. The number of hydrogen-bond acceptors (Lipinski definition) is 7. The topological polar surface area (TPSA) is 107 Å². The molecule has 0 fully saturated rings. The van der Waals surface area contributed by atoms with Gasteiger partial charge in [0, 0.05) is 5.75 Å². The fourth-order valence-electron chi connectivity index (χ4n) is 1.83. The largest absolute Gasteiger partial charge is 0.378 e. The van der Waals surface area contributed by atoms with E-state index in [9.17, 15) is 10.1 Å². The van der Waals surface area contributed by atoms with Crippen molar-refractivity contribution in [1.29, 1.82) is 0 Å². The molecular formula is C13H15N5O2S. The number of nitro groups is 1. The van der Waals surface area contributed by atoms with Gasteiger partial charge in [-0.2, -0.15) is 16.7 Å². The van der Waals surface area contributed by atoms with Crippen LogP contribution >= 0.6 is 11.8 Å². The van der Waals surface area contributed by atoms with Crippen LogP contribution in [0.2, 0.25) is 0 Å². The fraction of sp³-hybridized carbons (Fsp3) is 0.231. The van der Waals surface area contributed by atoms with Crippen LogP contribution in [-0.4, -0.2) is 26.9 Å². The van der Waals surface area contributed by atoms with Crippen LogP contribution in [0.5, 0.6) is 0 Å². The highest BCUT2D eigenvalue weighted by atomic mass is 32.2. The van der Waals surface area contributed by atoms with E-state index in [-0.39, 0.29) is 23.5 Å². The molecule has 0 amide bonds. The van der Waals surface area contributed by atoms with Crippen molar-refractivity contribution in [3.05, 3.63) is 52.2 Å². The van der Waals surface area contributed by atoms with Crippen LogP contribution in [0.15, 0.2) is 36.5 Å². The Morgan fingerprint density at radius 1 is 1.43 bits per heavy atom. The van der Waals surface area contributed by atoms with Crippen molar-refractivity contribution in [3.63, 3.8) is 0 Å². The van der Waals surface area contributed by atoms with Gasteiger partial charge in [-0.1, -0.05) is 30.3 Å². The van der Waals surface area contributed by atoms with Crippen molar-refractivity contribution in [1.82, 2.24) is 9.97 Å². The van der Waals surface area contributed by atoms with E-state index in [1.807, 2.05) is 36.6 Å². The summed E-state index contributed by atoms with van der Waals surface area (Å²) in [6.07, 6.45) is 3.12. The zero-order chi connectivity index (χ0) is 15.2. The molecule has 1 heterocycles. The SMILES string of the molecule is CSCC(Nc1ncc([N+](=O)[O-])c(N)n1)c1ccccc1. The zero-order valence-electron chi connectivity index (χ0n) is 11.4. The second-order valence-electron chi connectivity index (χ2n) is 4.28. The standard InChI is InChI=1S/C13H15N5O2S/c1-21-8-10(9-5-3-2-4-6-9)16-13-15-7-11(18(19)20)12(14)17-13/h2-7,10H,8H2,1H3,(H3,14,15,16,17). The Hall–Kier alpha value is -2.35. The van der Waals surface area contributed by atoms with Gasteiger partial charge in [-0.3, -0.25) is 10.1 Å². The molecule has 21 heavy (non-hydrogen) atoms. The average molecular weight is 305 g/mol. The number of nitrogens with two attached hydrogens (primary N) is 1. The molecule has 1 aromatic heterocycles. The summed E-state index contributed by atoms with van der Waals surface area (Å²) in [7, 11) is 0. The van der Waals surface area contributed by atoms with Crippen LogP contribution in [0.1, 0.15) is 11.6 Å². The maximum Gasteiger partial charge on any atom is 0.329 e. The summed E-state index contributed by atoms with van der Waals surface area (Å²) in [6.45, 7) is 0. The van der Waals surface area contributed by atoms with Gasteiger partial charge in [-0.05, 0) is 11.8 Å². The minimum Gasteiger partial charge on any atom is -0.378 e. The molecule has 0 saturated heterocycles. The van der Waals surface area contributed by atoms with Crippen molar-refractivity contribution in [2.24, 2.45) is 0 Å². The molecular weight excluding hydrogens is 290 g/mol. The molecule has 1 atom stereocenters. The molecule has 0 aliphatic rings. The summed E-state index contributed by atoms with van der Waals surface area (Å²) in [5.41, 5.74) is 6.37. The normalized spacial score (nSPS) is 11.9. The molecule has 1 unspecified atom stereocenters. The molecule has 0 aliphatic heterocycles. The minimum atomic E-state index is -0.602. The van der Waals surface area contributed by atoms with E-state index in [2.05, 4.69) is 15.3 Å². The number of benzene rings is 1. The van der Waals surface area contributed by atoms with Crippen LogP contribution < -0.4 is 11.1 Å². The van der Waals surface area contributed by atoms with E-state index in [0.29, 0.717) is 0 Å². The third-order valence-corrected chi connectivity index (χ3v) is 3.50. The second-order valence-corrected chi connectivity index (χ2v) is 5.19. The molecule has 8 heteroatoms. The quantitative estimate of drug-likeness (QED) is 0.623.